The number of nitriles is 1. The van der Waals surface area contributed by atoms with Gasteiger partial charge in [-0.1, -0.05) is 0 Å². The Morgan fingerprint density at radius 2 is 2.35 bits per heavy atom. The number of nitrogens with zero attached hydrogens (tertiary/aromatic N) is 1. The van der Waals surface area contributed by atoms with Gasteiger partial charge in [0.2, 0.25) is 5.91 Å². The van der Waals surface area contributed by atoms with Gasteiger partial charge in [-0.3, -0.25) is 4.79 Å². The van der Waals surface area contributed by atoms with Gasteiger partial charge in [-0.2, -0.15) is 5.26 Å². The Kier molecular flexibility index (Phi) is 5.30. The minimum absolute atomic E-state index is 0.172. The van der Waals surface area contributed by atoms with Crippen molar-refractivity contribution in [3.63, 3.8) is 0 Å². The molecule has 1 aromatic rings. The molecule has 1 rings (SSSR count). The molecule has 90 valence electrons. The lowest BCUT2D eigenvalue weighted by atomic mass is 10.3. The second-order valence-electron chi connectivity index (χ2n) is 3.23. The predicted octanol–water partition coefficient (Wildman–Crippen LogP) is 1.53. The number of nitrogen functional groups attached to an aromatic ring is 1. The number of anilines is 1. The second-order valence-corrected chi connectivity index (χ2v) is 4.25. The maximum absolute atomic E-state index is 12.8. The van der Waals surface area contributed by atoms with Gasteiger partial charge in [0.05, 0.1) is 18.2 Å². The molecule has 0 saturated carbocycles. The van der Waals surface area contributed by atoms with Gasteiger partial charge >= 0.3 is 0 Å². The highest BCUT2D eigenvalue weighted by atomic mass is 32.2. The van der Waals surface area contributed by atoms with E-state index < -0.39 is 5.82 Å². The summed E-state index contributed by atoms with van der Waals surface area (Å²) in [5, 5.41) is 10.9. The van der Waals surface area contributed by atoms with E-state index in [1.54, 1.807) is 0 Å². The molecule has 0 spiro atoms. The minimum atomic E-state index is -0.398. The minimum Gasteiger partial charge on any atom is -0.398 e. The van der Waals surface area contributed by atoms with E-state index in [1.165, 1.54) is 30.0 Å². The van der Waals surface area contributed by atoms with Crippen LogP contribution in [0.4, 0.5) is 10.1 Å². The zero-order chi connectivity index (χ0) is 12.7. The summed E-state index contributed by atoms with van der Waals surface area (Å²) >= 11 is 1.24. The summed E-state index contributed by atoms with van der Waals surface area (Å²) in [4.78, 5) is 12.0. The number of carbonyl (C=O) groups is 1. The van der Waals surface area contributed by atoms with Gasteiger partial charge < -0.3 is 11.1 Å². The normalized spacial score (nSPS) is 9.65. The van der Waals surface area contributed by atoms with E-state index in [0.29, 0.717) is 17.1 Å². The van der Waals surface area contributed by atoms with Gasteiger partial charge in [0.15, 0.2) is 0 Å². The number of thioether (sulfide) groups is 1. The van der Waals surface area contributed by atoms with Crippen molar-refractivity contribution in [1.29, 1.82) is 5.26 Å². The predicted molar refractivity (Wildman–Crippen MR) is 64.8 cm³/mol. The molecule has 4 nitrogen and oxygen atoms in total. The first kappa shape index (κ1) is 13.3. The maximum atomic E-state index is 12.8. The zero-order valence-electron chi connectivity index (χ0n) is 9.07. The van der Waals surface area contributed by atoms with Crippen LogP contribution in [0.5, 0.6) is 0 Å². The van der Waals surface area contributed by atoms with Crippen LogP contribution >= 0.6 is 11.8 Å². The summed E-state index contributed by atoms with van der Waals surface area (Å²) in [6, 6.07) is 5.98. The Morgan fingerprint density at radius 3 is 3.00 bits per heavy atom. The van der Waals surface area contributed by atoms with Crippen LogP contribution in [-0.4, -0.2) is 18.2 Å². The molecule has 0 bridgehead atoms. The number of amides is 1. The highest BCUT2D eigenvalue weighted by Gasteiger charge is 2.05. The number of halogens is 1. The summed E-state index contributed by atoms with van der Waals surface area (Å²) in [7, 11) is 0. The number of benzene rings is 1. The Balaban J connectivity index is 2.40. The number of nitrogens with one attached hydrogen (secondary N) is 1. The third-order valence-electron chi connectivity index (χ3n) is 1.89. The summed E-state index contributed by atoms with van der Waals surface area (Å²) in [5.41, 5.74) is 5.91. The molecular formula is C11H12FN3OS. The molecule has 3 N–H and O–H groups in total. The molecule has 0 heterocycles. The van der Waals surface area contributed by atoms with Crippen LogP contribution < -0.4 is 11.1 Å². The van der Waals surface area contributed by atoms with Crippen molar-refractivity contribution in [1.82, 2.24) is 5.32 Å². The molecule has 0 aliphatic carbocycles. The molecule has 1 amide bonds. The van der Waals surface area contributed by atoms with E-state index in [1.807, 2.05) is 6.07 Å². The average molecular weight is 253 g/mol. The number of rotatable bonds is 5. The summed E-state index contributed by atoms with van der Waals surface area (Å²) < 4.78 is 12.8. The molecule has 0 fully saturated rings. The van der Waals surface area contributed by atoms with Crippen molar-refractivity contribution < 1.29 is 9.18 Å². The van der Waals surface area contributed by atoms with Gasteiger partial charge in [-0.15, -0.1) is 11.8 Å². The average Bonchev–Trinajstić information content (AvgIpc) is 2.28. The molecule has 17 heavy (non-hydrogen) atoms. The van der Waals surface area contributed by atoms with Gasteiger partial charge in [-0.05, 0) is 18.2 Å². The van der Waals surface area contributed by atoms with Crippen LogP contribution in [0.25, 0.3) is 0 Å². The van der Waals surface area contributed by atoms with Crippen LogP contribution in [-0.2, 0) is 4.79 Å². The Morgan fingerprint density at radius 1 is 1.59 bits per heavy atom. The molecule has 0 unspecified atom stereocenters. The lowest BCUT2D eigenvalue weighted by Gasteiger charge is -2.05. The molecule has 0 atom stereocenters. The molecule has 1 aromatic carbocycles. The third-order valence-corrected chi connectivity index (χ3v) is 2.98. The van der Waals surface area contributed by atoms with Gasteiger partial charge in [0, 0.05) is 17.1 Å². The van der Waals surface area contributed by atoms with Gasteiger partial charge in [0.25, 0.3) is 0 Å². The monoisotopic (exact) mass is 253 g/mol. The lowest BCUT2D eigenvalue weighted by Crippen LogP contribution is -2.25. The van der Waals surface area contributed by atoms with E-state index in [4.69, 9.17) is 11.0 Å². The van der Waals surface area contributed by atoms with Crippen LogP contribution in [0.15, 0.2) is 23.1 Å². The summed E-state index contributed by atoms with van der Waals surface area (Å²) in [6.45, 7) is 0.342. The molecule has 0 radical (unpaired) electrons. The first-order chi connectivity index (χ1) is 8.13. The third kappa shape index (κ3) is 4.74. The summed E-state index contributed by atoms with van der Waals surface area (Å²) in [5.74, 6) is -0.374. The largest absolute Gasteiger partial charge is 0.398 e. The quantitative estimate of drug-likeness (QED) is 0.474. The molecule has 0 aliphatic heterocycles. The van der Waals surface area contributed by atoms with Crippen molar-refractivity contribution in [3.8, 4) is 6.07 Å². The molecule has 0 saturated heterocycles. The topological polar surface area (TPSA) is 78.9 Å². The Hall–Kier alpha value is -1.74. The standard InChI is InChI=1S/C11H12FN3OS/c12-8-2-3-10(9(14)6-8)17-7-11(16)15-5-1-4-13/h2-3,6H,1,5,7,14H2,(H,15,16). The van der Waals surface area contributed by atoms with Gasteiger partial charge in [0.1, 0.15) is 5.82 Å². The molecule has 0 aliphatic rings. The molecular weight excluding hydrogens is 241 g/mol. The number of hydrogen-bond donors (Lipinski definition) is 2. The Labute approximate surface area is 103 Å². The van der Waals surface area contributed by atoms with Crippen LogP contribution in [0.1, 0.15) is 6.42 Å². The van der Waals surface area contributed by atoms with E-state index in [0.717, 1.165) is 0 Å². The fourth-order valence-electron chi connectivity index (χ4n) is 1.10. The van der Waals surface area contributed by atoms with E-state index in [2.05, 4.69) is 5.32 Å². The first-order valence-corrected chi connectivity index (χ1v) is 5.93. The fourth-order valence-corrected chi connectivity index (χ4v) is 1.88. The van der Waals surface area contributed by atoms with Crippen molar-refractivity contribution in [3.05, 3.63) is 24.0 Å². The number of nitrogens with two attached hydrogens (primary N) is 1. The van der Waals surface area contributed by atoms with Crippen LogP contribution in [0.3, 0.4) is 0 Å². The summed E-state index contributed by atoms with van der Waals surface area (Å²) in [6.07, 6.45) is 0.287. The van der Waals surface area contributed by atoms with Crippen molar-refractivity contribution in [2.75, 3.05) is 18.0 Å². The fraction of sp³-hybridized carbons (Fsp3) is 0.273. The van der Waals surface area contributed by atoms with Crippen molar-refractivity contribution in [2.45, 2.75) is 11.3 Å². The Bertz CT molecular complexity index is 445. The van der Waals surface area contributed by atoms with E-state index >= 15 is 0 Å². The van der Waals surface area contributed by atoms with E-state index in [-0.39, 0.29) is 18.1 Å². The molecule has 0 aromatic heterocycles. The highest BCUT2D eigenvalue weighted by Crippen LogP contribution is 2.25. The first-order valence-electron chi connectivity index (χ1n) is 4.95. The van der Waals surface area contributed by atoms with E-state index in [9.17, 15) is 9.18 Å². The second kappa shape index (κ2) is 6.76. The number of hydrogen-bond acceptors (Lipinski definition) is 4. The smallest absolute Gasteiger partial charge is 0.230 e. The maximum Gasteiger partial charge on any atom is 0.230 e. The molecule has 6 heteroatoms. The van der Waals surface area contributed by atoms with Gasteiger partial charge in [-0.25, -0.2) is 4.39 Å². The van der Waals surface area contributed by atoms with Crippen LogP contribution in [0, 0.1) is 17.1 Å². The van der Waals surface area contributed by atoms with Crippen LogP contribution in [0.2, 0.25) is 0 Å². The highest BCUT2D eigenvalue weighted by molar-refractivity contribution is 8.00. The zero-order valence-corrected chi connectivity index (χ0v) is 9.89. The SMILES string of the molecule is N#CCCNC(=O)CSc1ccc(F)cc1N. The van der Waals surface area contributed by atoms with Crippen molar-refractivity contribution >= 4 is 23.4 Å². The van der Waals surface area contributed by atoms with Crippen molar-refractivity contribution in [2.24, 2.45) is 0 Å². The lowest BCUT2D eigenvalue weighted by molar-refractivity contribution is -0.118. The number of carbonyl (C=O) groups excluding carboxylic acids is 1.